The van der Waals surface area contributed by atoms with Crippen molar-refractivity contribution in [2.45, 2.75) is 0 Å². The number of rotatable bonds is 4. The third-order valence-corrected chi connectivity index (χ3v) is 3.03. The summed E-state index contributed by atoms with van der Waals surface area (Å²) in [5, 5.41) is 11.3. The average Bonchev–Trinajstić information content (AvgIpc) is 2.45. The number of carbonyl (C=O) groups is 1. The van der Waals surface area contributed by atoms with Crippen molar-refractivity contribution < 1.29 is 13.9 Å². The van der Waals surface area contributed by atoms with Gasteiger partial charge in [0.2, 0.25) is 0 Å². The van der Waals surface area contributed by atoms with Gasteiger partial charge in [-0.1, -0.05) is 22.0 Å². The molecular formula is C15H10BrFN2O2. The van der Waals surface area contributed by atoms with E-state index in [2.05, 4.69) is 21.2 Å². The lowest BCUT2D eigenvalue weighted by molar-refractivity contribution is -0.118. The lowest BCUT2D eigenvalue weighted by atomic mass is 10.2. The summed E-state index contributed by atoms with van der Waals surface area (Å²) in [6.07, 6.45) is 0. The number of halogens is 2. The van der Waals surface area contributed by atoms with Crippen LogP contribution >= 0.6 is 15.9 Å². The zero-order valence-corrected chi connectivity index (χ0v) is 12.4. The standard InChI is InChI=1S/C15H10BrFN2O2/c16-11-2-1-3-12(6-11)19-15(20)9-21-13-5-4-10(8-18)14(17)7-13/h1-7H,9H2,(H,19,20). The molecule has 106 valence electrons. The Morgan fingerprint density at radius 3 is 2.81 bits per heavy atom. The van der Waals surface area contributed by atoms with Gasteiger partial charge in [0.05, 0.1) is 5.56 Å². The Kier molecular flexibility index (Phi) is 4.90. The van der Waals surface area contributed by atoms with E-state index in [9.17, 15) is 9.18 Å². The summed E-state index contributed by atoms with van der Waals surface area (Å²) in [7, 11) is 0. The lowest BCUT2D eigenvalue weighted by Crippen LogP contribution is -2.20. The van der Waals surface area contributed by atoms with Crippen molar-refractivity contribution in [3.8, 4) is 11.8 Å². The Bertz CT molecular complexity index is 713. The van der Waals surface area contributed by atoms with Crippen LogP contribution in [-0.2, 0) is 4.79 Å². The zero-order chi connectivity index (χ0) is 15.2. The average molecular weight is 349 g/mol. The van der Waals surface area contributed by atoms with Gasteiger partial charge in [-0.15, -0.1) is 0 Å². The number of nitriles is 1. The second-order valence-electron chi connectivity index (χ2n) is 4.10. The maximum Gasteiger partial charge on any atom is 0.262 e. The number of nitrogens with one attached hydrogen (secondary N) is 1. The first kappa shape index (κ1) is 15.0. The molecule has 0 aromatic heterocycles. The summed E-state index contributed by atoms with van der Waals surface area (Å²) < 4.78 is 19.4. The molecule has 0 aliphatic carbocycles. The van der Waals surface area contributed by atoms with Crippen molar-refractivity contribution in [2.24, 2.45) is 0 Å². The minimum absolute atomic E-state index is 0.0686. The molecule has 0 aliphatic rings. The van der Waals surface area contributed by atoms with Gasteiger partial charge >= 0.3 is 0 Å². The molecule has 0 spiro atoms. The highest BCUT2D eigenvalue weighted by atomic mass is 79.9. The smallest absolute Gasteiger partial charge is 0.262 e. The highest BCUT2D eigenvalue weighted by molar-refractivity contribution is 9.10. The molecule has 0 radical (unpaired) electrons. The molecule has 21 heavy (non-hydrogen) atoms. The van der Waals surface area contributed by atoms with E-state index in [-0.39, 0.29) is 23.8 Å². The summed E-state index contributed by atoms with van der Waals surface area (Å²) in [4.78, 5) is 11.7. The van der Waals surface area contributed by atoms with Crippen molar-refractivity contribution in [2.75, 3.05) is 11.9 Å². The fourth-order valence-corrected chi connectivity index (χ4v) is 1.99. The molecule has 0 atom stereocenters. The summed E-state index contributed by atoms with van der Waals surface area (Å²) in [6.45, 7) is -0.252. The van der Waals surface area contributed by atoms with Gasteiger partial charge in [-0.3, -0.25) is 4.79 Å². The molecule has 2 aromatic rings. The first-order valence-electron chi connectivity index (χ1n) is 5.96. The molecule has 0 fully saturated rings. The van der Waals surface area contributed by atoms with Crippen molar-refractivity contribution in [3.05, 3.63) is 58.3 Å². The Morgan fingerprint density at radius 1 is 1.33 bits per heavy atom. The SMILES string of the molecule is N#Cc1ccc(OCC(=O)Nc2cccc(Br)c2)cc1F. The molecule has 2 rings (SSSR count). The predicted octanol–water partition coefficient (Wildman–Crippen LogP) is 3.48. The molecule has 0 aliphatic heterocycles. The van der Waals surface area contributed by atoms with E-state index in [0.717, 1.165) is 10.5 Å². The fraction of sp³-hybridized carbons (Fsp3) is 0.0667. The molecule has 0 saturated heterocycles. The number of hydrogen-bond acceptors (Lipinski definition) is 3. The van der Waals surface area contributed by atoms with Gasteiger partial charge in [0, 0.05) is 16.2 Å². The Balaban J connectivity index is 1.92. The van der Waals surface area contributed by atoms with Gasteiger partial charge in [-0.25, -0.2) is 4.39 Å². The summed E-state index contributed by atoms with van der Waals surface area (Å²) in [5.74, 6) is -0.851. The molecule has 0 bridgehead atoms. The van der Waals surface area contributed by atoms with E-state index < -0.39 is 5.82 Å². The number of carbonyl (C=O) groups excluding carboxylic acids is 1. The Morgan fingerprint density at radius 2 is 2.14 bits per heavy atom. The van der Waals surface area contributed by atoms with Gasteiger partial charge in [0.15, 0.2) is 6.61 Å². The number of anilines is 1. The van der Waals surface area contributed by atoms with E-state index >= 15 is 0 Å². The topological polar surface area (TPSA) is 62.1 Å². The van der Waals surface area contributed by atoms with Crippen LogP contribution in [0.15, 0.2) is 46.9 Å². The minimum atomic E-state index is -0.678. The second-order valence-corrected chi connectivity index (χ2v) is 5.02. The third-order valence-electron chi connectivity index (χ3n) is 2.54. The van der Waals surface area contributed by atoms with E-state index in [4.69, 9.17) is 10.00 Å². The van der Waals surface area contributed by atoms with Gasteiger partial charge in [0.25, 0.3) is 5.91 Å². The molecule has 1 N–H and O–H groups in total. The summed E-state index contributed by atoms with van der Waals surface area (Å²) in [6, 6.07) is 12.6. The molecule has 2 aromatic carbocycles. The van der Waals surface area contributed by atoms with Crippen LogP contribution in [0.5, 0.6) is 5.75 Å². The number of amides is 1. The van der Waals surface area contributed by atoms with Gasteiger partial charge < -0.3 is 10.1 Å². The molecule has 4 nitrogen and oxygen atoms in total. The molecule has 0 heterocycles. The highest BCUT2D eigenvalue weighted by Gasteiger charge is 2.07. The van der Waals surface area contributed by atoms with Crippen LogP contribution in [-0.4, -0.2) is 12.5 Å². The highest BCUT2D eigenvalue weighted by Crippen LogP contribution is 2.17. The predicted molar refractivity (Wildman–Crippen MR) is 79.4 cm³/mol. The van der Waals surface area contributed by atoms with Crippen LogP contribution in [0.2, 0.25) is 0 Å². The second kappa shape index (κ2) is 6.86. The fourth-order valence-electron chi connectivity index (χ4n) is 1.59. The zero-order valence-electron chi connectivity index (χ0n) is 10.8. The monoisotopic (exact) mass is 348 g/mol. The molecule has 1 amide bonds. The van der Waals surface area contributed by atoms with E-state index in [1.807, 2.05) is 6.07 Å². The van der Waals surface area contributed by atoms with Gasteiger partial charge in [-0.05, 0) is 30.3 Å². The Hall–Kier alpha value is -2.39. The van der Waals surface area contributed by atoms with Crippen molar-refractivity contribution in [1.29, 1.82) is 5.26 Å². The maximum atomic E-state index is 13.4. The van der Waals surface area contributed by atoms with Crippen LogP contribution in [0.4, 0.5) is 10.1 Å². The maximum absolute atomic E-state index is 13.4. The van der Waals surface area contributed by atoms with Crippen molar-refractivity contribution in [1.82, 2.24) is 0 Å². The van der Waals surface area contributed by atoms with Crippen LogP contribution in [0.1, 0.15) is 5.56 Å². The number of hydrogen-bond donors (Lipinski definition) is 1. The quantitative estimate of drug-likeness (QED) is 0.919. The molecular weight excluding hydrogens is 339 g/mol. The van der Waals surface area contributed by atoms with Gasteiger partial charge in [0.1, 0.15) is 17.6 Å². The molecule has 0 saturated carbocycles. The van der Waals surface area contributed by atoms with Gasteiger partial charge in [-0.2, -0.15) is 5.26 Å². The normalized spacial score (nSPS) is 9.76. The molecule has 0 unspecified atom stereocenters. The largest absolute Gasteiger partial charge is 0.484 e. The van der Waals surface area contributed by atoms with Crippen LogP contribution in [0.25, 0.3) is 0 Å². The number of benzene rings is 2. The summed E-state index contributed by atoms with van der Waals surface area (Å²) >= 11 is 3.30. The number of nitrogens with zero attached hydrogens (tertiary/aromatic N) is 1. The third kappa shape index (κ3) is 4.29. The van der Waals surface area contributed by atoms with Crippen LogP contribution in [0.3, 0.4) is 0 Å². The van der Waals surface area contributed by atoms with Crippen LogP contribution < -0.4 is 10.1 Å². The first-order chi connectivity index (χ1) is 10.1. The Labute approximate surface area is 129 Å². The summed E-state index contributed by atoms with van der Waals surface area (Å²) in [5.41, 5.74) is 0.560. The van der Waals surface area contributed by atoms with E-state index in [1.54, 1.807) is 24.3 Å². The minimum Gasteiger partial charge on any atom is -0.484 e. The van der Waals surface area contributed by atoms with Crippen LogP contribution in [0, 0.1) is 17.1 Å². The van der Waals surface area contributed by atoms with Crippen molar-refractivity contribution in [3.63, 3.8) is 0 Å². The lowest BCUT2D eigenvalue weighted by Gasteiger charge is -2.08. The first-order valence-corrected chi connectivity index (χ1v) is 6.75. The molecule has 6 heteroatoms. The van der Waals surface area contributed by atoms with Crippen molar-refractivity contribution >= 4 is 27.5 Å². The van der Waals surface area contributed by atoms with E-state index in [1.165, 1.54) is 12.1 Å². The number of ether oxygens (including phenoxy) is 1. The van der Waals surface area contributed by atoms with E-state index in [0.29, 0.717) is 5.69 Å².